The second-order valence-corrected chi connectivity index (χ2v) is 18.8. The third-order valence-electron chi connectivity index (χ3n) is 12.2. The lowest BCUT2D eigenvalue weighted by Gasteiger charge is -2.21. The molecule has 0 aromatic rings. The maximum atomic E-state index is 12.8. The third-order valence-corrected chi connectivity index (χ3v) is 12.2. The molecule has 0 aromatic heterocycles. The van der Waals surface area contributed by atoms with Gasteiger partial charge in [-0.25, -0.2) is 14.4 Å². The molecule has 0 rings (SSSR count). The average Bonchev–Trinajstić information content (AvgIpc) is 3.38. The van der Waals surface area contributed by atoms with Crippen molar-refractivity contribution in [3.63, 3.8) is 0 Å². The Morgan fingerprint density at radius 1 is 0.390 bits per heavy atom. The number of carboxylic acids is 4. The fraction of sp³-hybridized carbons (Fsp3) is 0.725. The molecule has 0 radical (unpaired) electrons. The highest BCUT2D eigenvalue weighted by Crippen LogP contribution is 2.14. The number of amides is 8. The lowest BCUT2D eigenvalue weighted by molar-refractivity contribution is -0.144. The first-order valence-electron chi connectivity index (χ1n) is 26.7. The zero-order chi connectivity index (χ0) is 58.0. The highest BCUT2D eigenvalue weighted by Gasteiger charge is 2.29. The summed E-state index contributed by atoms with van der Waals surface area (Å²) < 4.78 is 0. The molecule has 0 fully saturated rings. The highest BCUT2D eigenvalue weighted by atomic mass is 16.4. The number of nitrogens with one attached hydrogen (secondary N) is 8. The molecular formula is C51H86N8O18. The quantitative estimate of drug-likeness (QED) is 0.0296. The van der Waals surface area contributed by atoms with E-state index in [4.69, 9.17) is 5.11 Å². The molecular weight excluding hydrogens is 1010 g/mol. The minimum atomic E-state index is -1.77. The number of aliphatic hydroxyl groups excluding tert-OH is 2. The van der Waals surface area contributed by atoms with Gasteiger partial charge in [0.25, 0.3) is 0 Å². The van der Waals surface area contributed by atoms with E-state index < -0.39 is 147 Å². The van der Waals surface area contributed by atoms with Gasteiger partial charge in [0, 0.05) is 51.1 Å². The van der Waals surface area contributed by atoms with Gasteiger partial charge in [-0.3, -0.25) is 43.2 Å². The van der Waals surface area contributed by atoms with Crippen LogP contribution < -0.4 is 42.5 Å². The number of carboxylic acid groups (broad SMARTS) is 4. The maximum Gasteiger partial charge on any atom is 0.326 e. The Hall–Kier alpha value is -6.70. The Morgan fingerprint density at radius 3 is 1.17 bits per heavy atom. The first-order valence-corrected chi connectivity index (χ1v) is 26.7. The summed E-state index contributed by atoms with van der Waals surface area (Å²) in [6.07, 6.45) is 15.7. The maximum absolute atomic E-state index is 12.8. The molecule has 6 atom stereocenters. The van der Waals surface area contributed by atoms with Gasteiger partial charge in [0.2, 0.25) is 47.3 Å². The Kier molecular flexibility index (Phi) is 39.6. The Balaban J connectivity index is 4.72. The lowest BCUT2D eigenvalue weighted by Crippen LogP contribution is -2.55. The molecule has 77 heavy (non-hydrogen) atoms. The molecule has 26 heteroatoms. The van der Waals surface area contributed by atoms with Crippen LogP contribution in [0.3, 0.4) is 0 Å². The van der Waals surface area contributed by atoms with E-state index in [0.29, 0.717) is 19.4 Å². The third kappa shape index (κ3) is 36.8. The number of unbranched alkanes of at least 4 members (excludes halogenated alkanes) is 14. The lowest BCUT2D eigenvalue weighted by atomic mass is 10.0. The SMILES string of the molecule is C=C[C@H](CCC(=O)N[C@@H](CCC(=O)N[C@@H](CO)C(=O)NCC(=O)N[C@@H](CO)C(=O)N[C@@H](CCC(=O)N[C@@H](CCC(=O)NCCCC)C(=O)O)C(=O)O)C(=O)O)NC(=O)CCCCCCCCCCCCCCCCC(=O)O. The van der Waals surface area contributed by atoms with E-state index in [1.165, 1.54) is 38.2 Å². The number of carbonyl (C=O) groups is 12. The fourth-order valence-corrected chi connectivity index (χ4v) is 7.58. The number of aliphatic carboxylic acids is 4. The van der Waals surface area contributed by atoms with Gasteiger partial charge in [-0.15, -0.1) is 6.58 Å². The molecule has 0 heterocycles. The van der Waals surface area contributed by atoms with E-state index in [-0.39, 0.29) is 38.0 Å². The van der Waals surface area contributed by atoms with Crippen LogP contribution in [0.15, 0.2) is 12.7 Å². The standard InChI is InChI=1S/C51H86N8O18/c1-3-5-30-52-40(62)27-23-35(49(72)73)56-43(65)29-25-37(51(76)77)59-48(71)39(33-61)58-45(67)31-53-47(70)38(32-60)57-44(66)28-24-36(50(74)75)55-42(64)26-22-34(4-2)54-41(63)20-18-16-14-12-10-8-6-7-9-11-13-15-17-19-21-46(68)69/h4,34-39,60-61H,2-3,5-33H2,1H3,(H,52,62)(H,53,70)(H,54,63)(H,55,64)(H,56,65)(H,57,66)(H,58,67)(H,59,71)(H,68,69)(H,72,73)(H,74,75)(H,76,77)/t34-,35+,36+,37+,38+,39+/m1/s1. The Labute approximate surface area is 449 Å². The average molecular weight is 1100 g/mol. The van der Waals surface area contributed by atoms with E-state index in [0.717, 1.165) is 64.2 Å². The molecule has 0 spiro atoms. The second-order valence-electron chi connectivity index (χ2n) is 18.8. The summed E-state index contributed by atoms with van der Waals surface area (Å²) in [6, 6.07) is -8.72. The number of aliphatic hydroxyl groups is 2. The fourth-order valence-electron chi connectivity index (χ4n) is 7.58. The molecule has 0 aliphatic heterocycles. The van der Waals surface area contributed by atoms with E-state index in [1.54, 1.807) is 0 Å². The molecule has 0 bridgehead atoms. The summed E-state index contributed by atoms with van der Waals surface area (Å²) >= 11 is 0. The molecule has 0 saturated carbocycles. The van der Waals surface area contributed by atoms with Crippen LogP contribution >= 0.6 is 0 Å². The van der Waals surface area contributed by atoms with Gasteiger partial charge < -0.3 is 73.2 Å². The number of rotatable bonds is 48. The number of hydrogen-bond acceptors (Lipinski definition) is 14. The molecule has 0 unspecified atom stereocenters. The predicted octanol–water partition coefficient (Wildman–Crippen LogP) is 0.799. The summed E-state index contributed by atoms with van der Waals surface area (Å²) in [5.74, 6) is -11.8. The molecule has 8 amide bonds. The first-order chi connectivity index (χ1) is 36.7. The van der Waals surface area contributed by atoms with E-state index in [1.807, 2.05) is 12.2 Å². The Morgan fingerprint density at radius 2 is 0.753 bits per heavy atom. The van der Waals surface area contributed by atoms with Gasteiger partial charge >= 0.3 is 23.9 Å². The van der Waals surface area contributed by atoms with Crippen LogP contribution in [0.1, 0.15) is 174 Å². The molecule has 0 saturated heterocycles. The summed E-state index contributed by atoms with van der Waals surface area (Å²) in [4.78, 5) is 146. The van der Waals surface area contributed by atoms with Crippen LogP contribution in [0.25, 0.3) is 0 Å². The van der Waals surface area contributed by atoms with Gasteiger partial charge in [-0.2, -0.15) is 0 Å². The summed E-state index contributed by atoms with van der Waals surface area (Å²) in [5.41, 5.74) is 0. The normalized spacial score (nSPS) is 13.2. The van der Waals surface area contributed by atoms with Crippen molar-refractivity contribution in [3.05, 3.63) is 12.7 Å². The zero-order valence-corrected chi connectivity index (χ0v) is 44.5. The minimum Gasteiger partial charge on any atom is -0.481 e. The van der Waals surface area contributed by atoms with Crippen molar-refractivity contribution in [2.75, 3.05) is 26.3 Å². The molecule has 0 aliphatic carbocycles. The van der Waals surface area contributed by atoms with E-state index in [9.17, 15) is 83.1 Å². The van der Waals surface area contributed by atoms with Crippen molar-refractivity contribution in [3.8, 4) is 0 Å². The molecule has 438 valence electrons. The Bertz CT molecular complexity index is 1890. The van der Waals surface area contributed by atoms with Gasteiger partial charge in [0.1, 0.15) is 30.2 Å². The first kappa shape index (κ1) is 70.3. The predicted molar refractivity (Wildman–Crippen MR) is 278 cm³/mol. The molecule has 14 N–H and O–H groups in total. The van der Waals surface area contributed by atoms with Gasteiger partial charge in [0.05, 0.1) is 19.8 Å². The van der Waals surface area contributed by atoms with Crippen LogP contribution in [-0.2, 0) is 57.5 Å². The van der Waals surface area contributed by atoms with Crippen LogP contribution in [-0.4, -0.2) is 164 Å². The summed E-state index contributed by atoms with van der Waals surface area (Å²) in [5, 5.41) is 75.3. The zero-order valence-electron chi connectivity index (χ0n) is 44.5. The van der Waals surface area contributed by atoms with Crippen molar-refractivity contribution in [2.45, 2.75) is 210 Å². The van der Waals surface area contributed by atoms with Crippen molar-refractivity contribution in [1.82, 2.24) is 42.5 Å². The van der Waals surface area contributed by atoms with Crippen molar-refractivity contribution in [1.29, 1.82) is 0 Å². The largest absolute Gasteiger partial charge is 0.481 e. The van der Waals surface area contributed by atoms with E-state index in [2.05, 4.69) is 43.8 Å². The van der Waals surface area contributed by atoms with Crippen LogP contribution in [0.2, 0.25) is 0 Å². The summed E-state index contributed by atoms with van der Waals surface area (Å²) in [6.45, 7) is 3.11. The molecule has 0 aromatic carbocycles. The van der Waals surface area contributed by atoms with Crippen LogP contribution in [0, 0.1) is 0 Å². The number of hydrogen-bond donors (Lipinski definition) is 14. The second kappa shape index (κ2) is 43.4. The van der Waals surface area contributed by atoms with Crippen LogP contribution in [0.5, 0.6) is 0 Å². The smallest absolute Gasteiger partial charge is 0.326 e. The number of carbonyl (C=O) groups excluding carboxylic acids is 8. The van der Waals surface area contributed by atoms with Gasteiger partial charge in [-0.1, -0.05) is 96.5 Å². The van der Waals surface area contributed by atoms with Gasteiger partial charge in [-0.05, 0) is 44.9 Å². The highest BCUT2D eigenvalue weighted by molar-refractivity contribution is 5.94. The van der Waals surface area contributed by atoms with Crippen molar-refractivity contribution in [2.24, 2.45) is 0 Å². The molecule has 26 nitrogen and oxygen atoms in total. The van der Waals surface area contributed by atoms with Crippen LogP contribution in [0.4, 0.5) is 0 Å². The topological polar surface area (TPSA) is 422 Å². The monoisotopic (exact) mass is 1100 g/mol. The van der Waals surface area contributed by atoms with Crippen molar-refractivity contribution < 1.29 is 88.2 Å². The minimum absolute atomic E-state index is 0.121. The summed E-state index contributed by atoms with van der Waals surface area (Å²) in [7, 11) is 0. The van der Waals surface area contributed by atoms with Gasteiger partial charge in [0.15, 0.2) is 0 Å². The molecule has 0 aliphatic rings. The van der Waals surface area contributed by atoms with Crippen molar-refractivity contribution >= 4 is 71.1 Å². The van der Waals surface area contributed by atoms with E-state index >= 15 is 0 Å².